The SMILES string of the molecule is Cc1c([C@H](OC(C)(C)C)C(=O)O)c(-c2ccc(Cl)cc2)c2cc(C)n3c2c1N(S(=O)(=O)C1CC1)CC3. The minimum atomic E-state index is -3.56. The van der Waals surface area contributed by atoms with E-state index in [0.717, 1.165) is 27.7 Å². The molecule has 9 heteroatoms. The molecule has 0 amide bonds. The van der Waals surface area contributed by atoms with Crippen molar-refractivity contribution in [3.8, 4) is 11.1 Å². The summed E-state index contributed by atoms with van der Waals surface area (Å²) >= 11 is 6.18. The summed E-state index contributed by atoms with van der Waals surface area (Å²) in [6, 6.07) is 9.31. The first-order valence-corrected chi connectivity index (χ1v) is 14.0. The van der Waals surface area contributed by atoms with Crippen LogP contribution in [0.2, 0.25) is 5.02 Å². The fourth-order valence-corrected chi connectivity index (χ4v) is 7.33. The van der Waals surface area contributed by atoms with E-state index in [2.05, 4.69) is 4.57 Å². The molecule has 2 heterocycles. The molecule has 1 fully saturated rings. The normalized spacial score (nSPS) is 17.0. The summed E-state index contributed by atoms with van der Waals surface area (Å²) in [5.74, 6) is -1.13. The van der Waals surface area contributed by atoms with Crippen LogP contribution in [-0.4, -0.2) is 41.5 Å². The van der Waals surface area contributed by atoms with E-state index in [4.69, 9.17) is 16.3 Å². The Morgan fingerprint density at radius 3 is 2.33 bits per heavy atom. The number of rotatable bonds is 6. The van der Waals surface area contributed by atoms with Crippen molar-refractivity contribution >= 4 is 44.2 Å². The Hall–Kier alpha value is -2.55. The topological polar surface area (TPSA) is 88.8 Å². The lowest BCUT2D eigenvalue weighted by atomic mass is 9.87. The molecule has 5 rings (SSSR count). The molecule has 1 N–H and O–H groups in total. The number of halogens is 1. The van der Waals surface area contributed by atoms with Gasteiger partial charge in [-0.2, -0.15) is 0 Å². The first-order valence-electron chi connectivity index (χ1n) is 12.2. The van der Waals surface area contributed by atoms with Crippen molar-refractivity contribution in [3.05, 3.63) is 52.2 Å². The van der Waals surface area contributed by atoms with Gasteiger partial charge in [-0.15, -0.1) is 0 Å². The van der Waals surface area contributed by atoms with E-state index in [9.17, 15) is 18.3 Å². The van der Waals surface area contributed by atoms with Gasteiger partial charge in [0, 0.05) is 28.2 Å². The fraction of sp³-hybridized carbons (Fsp3) is 0.444. The minimum Gasteiger partial charge on any atom is -0.479 e. The first kappa shape index (κ1) is 25.1. The summed E-state index contributed by atoms with van der Waals surface area (Å²) in [4.78, 5) is 12.7. The maximum absolute atomic E-state index is 13.5. The third-order valence-corrected chi connectivity index (χ3v) is 9.49. The van der Waals surface area contributed by atoms with Crippen molar-refractivity contribution in [2.45, 2.75) is 71.0 Å². The predicted octanol–water partition coefficient (Wildman–Crippen LogP) is 5.83. The number of carbonyl (C=O) groups is 1. The zero-order valence-electron chi connectivity index (χ0n) is 21.1. The second-order valence-corrected chi connectivity index (χ2v) is 13.3. The van der Waals surface area contributed by atoms with Crippen LogP contribution < -0.4 is 4.31 Å². The lowest BCUT2D eigenvalue weighted by Gasteiger charge is -2.35. The van der Waals surface area contributed by atoms with Crippen LogP contribution in [0.3, 0.4) is 0 Å². The highest BCUT2D eigenvalue weighted by molar-refractivity contribution is 7.93. The average Bonchev–Trinajstić information content (AvgIpc) is 3.60. The molecule has 192 valence electrons. The summed E-state index contributed by atoms with van der Waals surface area (Å²) in [6.07, 6.45) is 0.0101. The molecule has 1 saturated carbocycles. The van der Waals surface area contributed by atoms with Crippen LogP contribution in [0.5, 0.6) is 0 Å². The van der Waals surface area contributed by atoms with E-state index in [1.54, 1.807) is 12.1 Å². The largest absolute Gasteiger partial charge is 0.479 e. The molecule has 1 aromatic heterocycles. The summed E-state index contributed by atoms with van der Waals surface area (Å²) < 4.78 is 36.9. The number of aliphatic carboxylic acids is 1. The van der Waals surface area contributed by atoms with Crippen LogP contribution in [0.1, 0.15) is 56.5 Å². The van der Waals surface area contributed by atoms with E-state index in [-0.39, 0.29) is 5.25 Å². The Bertz CT molecular complexity index is 1480. The molecule has 2 aliphatic rings. The lowest BCUT2D eigenvalue weighted by Crippen LogP contribution is -2.40. The van der Waals surface area contributed by atoms with Crippen molar-refractivity contribution in [3.63, 3.8) is 0 Å². The van der Waals surface area contributed by atoms with Crippen LogP contribution in [0.4, 0.5) is 5.69 Å². The van der Waals surface area contributed by atoms with Crippen molar-refractivity contribution in [1.29, 1.82) is 0 Å². The number of carboxylic acid groups (broad SMARTS) is 1. The number of carboxylic acids is 1. The molecule has 2 aromatic carbocycles. The highest BCUT2D eigenvalue weighted by Crippen LogP contribution is 2.49. The number of anilines is 1. The first-order chi connectivity index (χ1) is 16.8. The number of aryl methyl sites for hydroxylation is 1. The molecule has 36 heavy (non-hydrogen) atoms. The van der Waals surface area contributed by atoms with Gasteiger partial charge in [0.1, 0.15) is 0 Å². The molecule has 0 saturated heterocycles. The van der Waals surface area contributed by atoms with E-state index in [1.165, 1.54) is 4.31 Å². The van der Waals surface area contributed by atoms with E-state index >= 15 is 0 Å². The highest BCUT2D eigenvalue weighted by Gasteiger charge is 2.44. The summed E-state index contributed by atoms with van der Waals surface area (Å²) in [6.45, 7) is 10.1. The van der Waals surface area contributed by atoms with Gasteiger partial charge >= 0.3 is 5.97 Å². The molecule has 1 aliphatic carbocycles. The van der Waals surface area contributed by atoms with Crippen molar-refractivity contribution in [1.82, 2.24) is 4.57 Å². The molecular formula is C27H31ClN2O5S. The predicted molar refractivity (Wildman–Crippen MR) is 142 cm³/mol. The second kappa shape index (κ2) is 8.50. The van der Waals surface area contributed by atoms with Crippen LogP contribution in [0.25, 0.3) is 22.0 Å². The van der Waals surface area contributed by atoms with Gasteiger partial charge in [0.05, 0.1) is 28.6 Å². The van der Waals surface area contributed by atoms with Gasteiger partial charge in [0.25, 0.3) is 0 Å². The van der Waals surface area contributed by atoms with E-state index in [1.807, 2.05) is 52.8 Å². The Kier molecular flexibility index (Phi) is 5.93. The van der Waals surface area contributed by atoms with Crippen molar-refractivity contribution in [2.75, 3.05) is 10.8 Å². The van der Waals surface area contributed by atoms with Gasteiger partial charge < -0.3 is 14.4 Å². The number of aromatic nitrogens is 1. The van der Waals surface area contributed by atoms with Crippen molar-refractivity contribution in [2.24, 2.45) is 0 Å². The van der Waals surface area contributed by atoms with E-state index in [0.29, 0.717) is 47.8 Å². The Balaban J connectivity index is 1.92. The maximum Gasteiger partial charge on any atom is 0.337 e. The molecule has 0 unspecified atom stereocenters. The molecule has 0 spiro atoms. The quantitative estimate of drug-likeness (QED) is 0.433. The molecule has 0 bridgehead atoms. The molecule has 0 radical (unpaired) electrons. The van der Waals surface area contributed by atoms with Crippen LogP contribution in [-0.2, 0) is 26.1 Å². The zero-order chi connectivity index (χ0) is 26.2. The number of ether oxygens (including phenoxy) is 1. The van der Waals surface area contributed by atoms with Gasteiger partial charge in [-0.1, -0.05) is 23.7 Å². The minimum absolute atomic E-state index is 0.314. The van der Waals surface area contributed by atoms with Crippen LogP contribution >= 0.6 is 11.6 Å². The summed E-state index contributed by atoms with van der Waals surface area (Å²) in [7, 11) is -3.56. The van der Waals surface area contributed by atoms with Gasteiger partial charge in [-0.3, -0.25) is 4.31 Å². The third-order valence-electron chi connectivity index (χ3n) is 6.95. The lowest BCUT2D eigenvalue weighted by molar-refractivity contribution is -0.160. The monoisotopic (exact) mass is 530 g/mol. The number of hydrogen-bond acceptors (Lipinski definition) is 4. The maximum atomic E-state index is 13.5. The second-order valence-electron chi connectivity index (χ2n) is 10.7. The number of hydrogen-bond donors (Lipinski definition) is 1. The Morgan fingerprint density at radius 1 is 1.14 bits per heavy atom. The van der Waals surface area contributed by atoms with E-state index < -0.39 is 27.7 Å². The van der Waals surface area contributed by atoms with Crippen LogP contribution in [0, 0.1) is 13.8 Å². The standard InChI is InChI=1S/C27H31ClN2O5S/c1-15-14-20-22(17-6-8-18(28)9-7-17)21(25(26(31)32)35-27(3,4)5)16(2)23-24(20)29(15)12-13-30(23)36(33,34)19-10-11-19/h6-9,14,19,25H,10-13H2,1-5H3,(H,31,32)/t25-/m0/s1. The van der Waals surface area contributed by atoms with Crippen LogP contribution in [0.15, 0.2) is 30.3 Å². The Morgan fingerprint density at radius 2 is 1.78 bits per heavy atom. The van der Waals surface area contributed by atoms with Gasteiger partial charge in [-0.25, -0.2) is 13.2 Å². The highest BCUT2D eigenvalue weighted by atomic mass is 35.5. The molecular weight excluding hydrogens is 500 g/mol. The number of nitrogens with zero attached hydrogens (tertiary/aromatic N) is 2. The molecule has 1 atom stereocenters. The summed E-state index contributed by atoms with van der Waals surface area (Å²) in [5, 5.41) is 11.4. The Labute approximate surface area is 216 Å². The smallest absolute Gasteiger partial charge is 0.337 e. The van der Waals surface area contributed by atoms with Crippen molar-refractivity contribution < 1.29 is 23.1 Å². The van der Waals surface area contributed by atoms with Gasteiger partial charge in [-0.05, 0) is 82.3 Å². The molecule has 1 aliphatic heterocycles. The number of benzene rings is 2. The number of sulfonamides is 1. The zero-order valence-corrected chi connectivity index (χ0v) is 22.7. The average molecular weight is 531 g/mol. The van der Waals surface area contributed by atoms with Gasteiger partial charge in [0.2, 0.25) is 10.0 Å². The van der Waals surface area contributed by atoms with Gasteiger partial charge in [0.15, 0.2) is 6.10 Å². The molecule has 7 nitrogen and oxygen atoms in total. The molecule has 3 aromatic rings. The fourth-order valence-electron chi connectivity index (χ4n) is 5.30. The summed E-state index contributed by atoms with van der Waals surface area (Å²) in [5.41, 5.74) is 4.22. The third kappa shape index (κ3) is 4.09.